The highest BCUT2D eigenvalue weighted by Gasteiger charge is 2.23. The summed E-state index contributed by atoms with van der Waals surface area (Å²) in [6.07, 6.45) is 6.17. The Kier molecular flexibility index (Phi) is 5.17. The molecule has 7 nitrogen and oxygen atoms in total. The van der Waals surface area contributed by atoms with Crippen molar-refractivity contribution in [1.29, 1.82) is 0 Å². The predicted octanol–water partition coefficient (Wildman–Crippen LogP) is 3.57. The fraction of sp³-hybridized carbons (Fsp3) is 0.476. The minimum absolute atomic E-state index is 0.313. The molecule has 4 rings (SSSR count). The number of aromatic nitrogens is 3. The zero-order chi connectivity index (χ0) is 19.7. The van der Waals surface area contributed by atoms with Crippen LogP contribution in [0.2, 0.25) is 0 Å². The van der Waals surface area contributed by atoms with Gasteiger partial charge in [0.2, 0.25) is 0 Å². The second-order valence-corrected chi connectivity index (χ2v) is 7.67. The molecule has 1 aliphatic carbocycles. The first-order valence-corrected chi connectivity index (χ1v) is 9.93. The number of carbonyl (C=O) groups excluding carboxylic acids is 1. The number of esters is 1. The van der Waals surface area contributed by atoms with Crippen molar-refractivity contribution in [1.82, 2.24) is 19.9 Å². The number of hydrogen-bond donors (Lipinski definition) is 2. The first kappa shape index (κ1) is 18.7. The molecule has 0 aliphatic heterocycles. The Balaban J connectivity index is 1.66. The van der Waals surface area contributed by atoms with E-state index in [-0.39, 0.29) is 5.97 Å². The molecule has 2 aromatic heterocycles. The van der Waals surface area contributed by atoms with Crippen LogP contribution in [0.3, 0.4) is 0 Å². The minimum Gasteiger partial charge on any atom is -0.462 e. The molecule has 0 saturated heterocycles. The Hall–Kier alpha value is -2.67. The van der Waals surface area contributed by atoms with Gasteiger partial charge in [-0.1, -0.05) is 0 Å². The molecule has 0 atom stereocenters. The van der Waals surface area contributed by atoms with Crippen molar-refractivity contribution in [3.63, 3.8) is 0 Å². The van der Waals surface area contributed by atoms with Crippen LogP contribution in [0.25, 0.3) is 21.9 Å². The number of rotatable bonds is 5. The van der Waals surface area contributed by atoms with Gasteiger partial charge in [0.1, 0.15) is 17.8 Å². The smallest absolute Gasteiger partial charge is 0.338 e. The Morgan fingerprint density at radius 1 is 1.25 bits per heavy atom. The summed E-state index contributed by atoms with van der Waals surface area (Å²) in [6, 6.07) is 6.59. The lowest BCUT2D eigenvalue weighted by atomic mass is 9.90. The van der Waals surface area contributed by atoms with Crippen molar-refractivity contribution >= 4 is 33.7 Å². The van der Waals surface area contributed by atoms with E-state index in [9.17, 15) is 4.79 Å². The Bertz CT molecular complexity index is 989. The highest BCUT2D eigenvalue weighted by atomic mass is 16.5. The lowest BCUT2D eigenvalue weighted by Crippen LogP contribution is -2.36. The van der Waals surface area contributed by atoms with Gasteiger partial charge >= 0.3 is 5.97 Å². The van der Waals surface area contributed by atoms with Crippen LogP contribution in [-0.2, 0) is 4.74 Å². The third kappa shape index (κ3) is 3.54. The van der Waals surface area contributed by atoms with Crippen LogP contribution < -0.4 is 5.32 Å². The quantitative estimate of drug-likeness (QED) is 0.658. The van der Waals surface area contributed by atoms with Crippen LogP contribution in [0.15, 0.2) is 24.5 Å². The molecule has 148 valence electrons. The molecule has 7 heteroatoms. The van der Waals surface area contributed by atoms with Crippen molar-refractivity contribution in [3.05, 3.63) is 30.1 Å². The van der Waals surface area contributed by atoms with Gasteiger partial charge in [0, 0.05) is 23.0 Å². The van der Waals surface area contributed by atoms with Crippen molar-refractivity contribution in [2.75, 3.05) is 26.0 Å². The van der Waals surface area contributed by atoms with Gasteiger partial charge in [-0.05, 0) is 64.9 Å². The summed E-state index contributed by atoms with van der Waals surface area (Å²) >= 11 is 0. The number of nitrogens with zero attached hydrogens (tertiary/aromatic N) is 3. The first-order chi connectivity index (χ1) is 13.6. The molecule has 2 N–H and O–H groups in total. The standard InChI is InChI=1S/C21H27N5O2/c1-4-28-21(27)13-5-10-17-16(11-13)18-19(22-12-23-20(18)25-17)24-14-6-8-15(9-7-14)26(2)3/h5,10-12,14-15H,4,6-9H2,1-3H3,(H2,22,23,24,25)/t14-,15-. The maximum absolute atomic E-state index is 12.2. The van der Waals surface area contributed by atoms with Crippen LogP contribution in [0.5, 0.6) is 0 Å². The molecule has 0 amide bonds. The van der Waals surface area contributed by atoms with Crippen LogP contribution in [0.1, 0.15) is 43.0 Å². The van der Waals surface area contributed by atoms with Gasteiger partial charge in [0.25, 0.3) is 0 Å². The number of anilines is 1. The SMILES string of the molecule is CCOC(=O)c1ccc2[nH]c3ncnc(N[C@H]4CC[C@H](N(C)C)CC4)c3c2c1. The number of benzene rings is 1. The molecule has 0 unspecified atom stereocenters. The number of fused-ring (bicyclic) bond motifs is 3. The van der Waals surface area contributed by atoms with E-state index in [4.69, 9.17) is 4.74 Å². The molecule has 1 fully saturated rings. The summed E-state index contributed by atoms with van der Waals surface area (Å²) in [4.78, 5) is 26.7. The molecule has 0 spiro atoms. The van der Waals surface area contributed by atoms with Gasteiger partial charge in [-0.15, -0.1) is 0 Å². The van der Waals surface area contributed by atoms with Crippen LogP contribution >= 0.6 is 0 Å². The zero-order valence-electron chi connectivity index (χ0n) is 16.7. The van der Waals surface area contributed by atoms with Gasteiger partial charge in [0.15, 0.2) is 0 Å². The molecular weight excluding hydrogens is 354 g/mol. The van der Waals surface area contributed by atoms with Gasteiger partial charge < -0.3 is 19.9 Å². The van der Waals surface area contributed by atoms with E-state index in [2.05, 4.69) is 39.3 Å². The third-order valence-electron chi connectivity index (χ3n) is 5.67. The molecule has 0 radical (unpaired) electrons. The minimum atomic E-state index is -0.313. The predicted molar refractivity (Wildman–Crippen MR) is 111 cm³/mol. The second kappa shape index (κ2) is 7.75. The molecule has 1 saturated carbocycles. The number of aromatic amines is 1. The normalized spacial score (nSPS) is 20.0. The maximum atomic E-state index is 12.2. The summed E-state index contributed by atoms with van der Waals surface area (Å²) in [6.45, 7) is 2.17. The van der Waals surface area contributed by atoms with Gasteiger partial charge in [-0.3, -0.25) is 0 Å². The molecule has 1 aliphatic rings. The van der Waals surface area contributed by atoms with E-state index in [0.717, 1.165) is 40.6 Å². The van der Waals surface area contributed by atoms with E-state index in [1.807, 2.05) is 19.1 Å². The number of ether oxygens (including phenoxy) is 1. The van der Waals surface area contributed by atoms with E-state index >= 15 is 0 Å². The third-order valence-corrected chi connectivity index (χ3v) is 5.67. The van der Waals surface area contributed by atoms with E-state index < -0.39 is 0 Å². The fourth-order valence-corrected chi connectivity index (χ4v) is 4.10. The topological polar surface area (TPSA) is 83.1 Å². The average Bonchev–Trinajstić information content (AvgIpc) is 3.07. The number of hydrogen-bond acceptors (Lipinski definition) is 6. The van der Waals surface area contributed by atoms with Crippen LogP contribution in [-0.4, -0.2) is 58.6 Å². The highest BCUT2D eigenvalue weighted by molar-refractivity contribution is 6.12. The van der Waals surface area contributed by atoms with E-state index in [1.54, 1.807) is 12.4 Å². The lowest BCUT2D eigenvalue weighted by Gasteiger charge is -2.33. The van der Waals surface area contributed by atoms with Crippen LogP contribution in [0.4, 0.5) is 5.82 Å². The monoisotopic (exact) mass is 381 g/mol. The number of nitrogens with one attached hydrogen (secondary N) is 2. The Morgan fingerprint density at radius 2 is 2.04 bits per heavy atom. The summed E-state index contributed by atoms with van der Waals surface area (Å²) in [5.74, 6) is 0.512. The molecule has 28 heavy (non-hydrogen) atoms. The number of H-pyrrole nitrogens is 1. The molecule has 0 bridgehead atoms. The summed E-state index contributed by atoms with van der Waals surface area (Å²) in [7, 11) is 4.30. The molecule has 3 aromatic rings. The number of carbonyl (C=O) groups is 1. The zero-order valence-corrected chi connectivity index (χ0v) is 16.7. The van der Waals surface area contributed by atoms with Gasteiger partial charge in [-0.2, -0.15) is 0 Å². The van der Waals surface area contributed by atoms with Gasteiger partial charge in [-0.25, -0.2) is 14.8 Å². The summed E-state index contributed by atoms with van der Waals surface area (Å²) in [5.41, 5.74) is 2.25. The van der Waals surface area contributed by atoms with Crippen molar-refractivity contribution < 1.29 is 9.53 Å². The fourth-order valence-electron chi connectivity index (χ4n) is 4.10. The maximum Gasteiger partial charge on any atom is 0.338 e. The molecule has 2 heterocycles. The van der Waals surface area contributed by atoms with Crippen molar-refractivity contribution in [3.8, 4) is 0 Å². The summed E-state index contributed by atoms with van der Waals surface area (Å²) < 4.78 is 5.15. The summed E-state index contributed by atoms with van der Waals surface area (Å²) in [5, 5.41) is 5.49. The van der Waals surface area contributed by atoms with Crippen molar-refractivity contribution in [2.45, 2.75) is 44.7 Å². The van der Waals surface area contributed by atoms with E-state index in [0.29, 0.717) is 24.3 Å². The van der Waals surface area contributed by atoms with Crippen LogP contribution in [0, 0.1) is 0 Å². The Labute approximate surface area is 164 Å². The molecule has 1 aromatic carbocycles. The van der Waals surface area contributed by atoms with E-state index in [1.165, 1.54) is 12.8 Å². The van der Waals surface area contributed by atoms with Crippen molar-refractivity contribution in [2.24, 2.45) is 0 Å². The Morgan fingerprint density at radius 3 is 2.75 bits per heavy atom. The first-order valence-electron chi connectivity index (χ1n) is 9.93. The highest BCUT2D eigenvalue weighted by Crippen LogP contribution is 2.32. The average molecular weight is 381 g/mol. The lowest BCUT2D eigenvalue weighted by molar-refractivity contribution is 0.0526. The second-order valence-electron chi connectivity index (χ2n) is 7.67. The largest absolute Gasteiger partial charge is 0.462 e. The van der Waals surface area contributed by atoms with Gasteiger partial charge in [0.05, 0.1) is 17.6 Å². The molecular formula is C21H27N5O2.